The van der Waals surface area contributed by atoms with Gasteiger partial charge in [-0.05, 0) is 67.8 Å². The van der Waals surface area contributed by atoms with Crippen LogP contribution in [0.1, 0.15) is 39.6 Å². The summed E-state index contributed by atoms with van der Waals surface area (Å²) >= 11 is 11.9. The van der Waals surface area contributed by atoms with E-state index in [4.69, 9.17) is 23.2 Å². The van der Waals surface area contributed by atoms with Crippen LogP contribution in [-0.4, -0.2) is 17.9 Å². The van der Waals surface area contributed by atoms with Crippen LogP contribution in [0.4, 0.5) is 5.69 Å². The lowest BCUT2D eigenvalue weighted by atomic mass is 10.1. The van der Waals surface area contributed by atoms with Crippen LogP contribution in [0, 0.1) is 0 Å². The molecule has 3 aromatic rings. The Morgan fingerprint density at radius 1 is 0.900 bits per heavy atom. The van der Waals surface area contributed by atoms with E-state index in [1.54, 1.807) is 36.4 Å². The SMILES string of the molecule is C[C@H](CCc1ccccc1)NC(=O)c1ccc(NC(=O)c2ccc(Cl)cc2Cl)cc1. The normalized spacial score (nSPS) is 11.6. The second-order valence-corrected chi connectivity index (χ2v) is 7.90. The fourth-order valence-corrected chi connectivity index (χ4v) is 3.48. The molecule has 6 heteroatoms. The largest absolute Gasteiger partial charge is 0.350 e. The summed E-state index contributed by atoms with van der Waals surface area (Å²) in [5, 5.41) is 6.52. The third-order valence-electron chi connectivity index (χ3n) is 4.67. The molecule has 3 aromatic carbocycles. The lowest BCUT2D eigenvalue weighted by Gasteiger charge is -2.14. The van der Waals surface area contributed by atoms with Crippen molar-refractivity contribution >= 4 is 40.7 Å². The lowest BCUT2D eigenvalue weighted by Crippen LogP contribution is -2.32. The maximum absolute atomic E-state index is 12.5. The van der Waals surface area contributed by atoms with Gasteiger partial charge in [-0.1, -0.05) is 53.5 Å². The molecule has 1 atom stereocenters. The Balaban J connectivity index is 1.54. The molecule has 30 heavy (non-hydrogen) atoms. The summed E-state index contributed by atoms with van der Waals surface area (Å²) < 4.78 is 0. The zero-order valence-corrected chi connectivity index (χ0v) is 18.0. The summed E-state index contributed by atoms with van der Waals surface area (Å²) in [6.07, 6.45) is 1.76. The Morgan fingerprint density at radius 3 is 2.27 bits per heavy atom. The van der Waals surface area contributed by atoms with Gasteiger partial charge in [0.05, 0.1) is 10.6 Å². The van der Waals surface area contributed by atoms with Crippen LogP contribution >= 0.6 is 23.2 Å². The zero-order chi connectivity index (χ0) is 21.5. The molecule has 2 N–H and O–H groups in total. The predicted octanol–water partition coefficient (Wildman–Crippen LogP) is 6.00. The van der Waals surface area contributed by atoms with Gasteiger partial charge in [0.15, 0.2) is 0 Å². The molecule has 0 aliphatic carbocycles. The van der Waals surface area contributed by atoms with Gasteiger partial charge in [-0.2, -0.15) is 0 Å². The molecule has 0 heterocycles. The molecule has 3 rings (SSSR count). The molecule has 0 aromatic heterocycles. The summed E-state index contributed by atoms with van der Waals surface area (Å²) in [5.41, 5.74) is 2.68. The highest BCUT2D eigenvalue weighted by Crippen LogP contribution is 2.22. The van der Waals surface area contributed by atoms with Crippen molar-refractivity contribution in [3.05, 3.63) is 99.5 Å². The van der Waals surface area contributed by atoms with Crippen molar-refractivity contribution in [1.29, 1.82) is 0 Å². The number of hydrogen-bond donors (Lipinski definition) is 2. The fraction of sp³-hybridized carbons (Fsp3) is 0.167. The number of benzene rings is 3. The average Bonchev–Trinajstić information content (AvgIpc) is 2.73. The number of hydrogen-bond acceptors (Lipinski definition) is 2. The van der Waals surface area contributed by atoms with Gasteiger partial charge in [-0.15, -0.1) is 0 Å². The van der Waals surface area contributed by atoms with Gasteiger partial charge in [0.1, 0.15) is 0 Å². The highest BCUT2D eigenvalue weighted by atomic mass is 35.5. The number of carbonyl (C=O) groups excluding carboxylic acids is 2. The summed E-state index contributed by atoms with van der Waals surface area (Å²) in [5.74, 6) is -0.488. The van der Waals surface area contributed by atoms with Gasteiger partial charge < -0.3 is 10.6 Å². The number of anilines is 1. The Morgan fingerprint density at radius 2 is 1.60 bits per heavy atom. The third-order valence-corrected chi connectivity index (χ3v) is 5.21. The van der Waals surface area contributed by atoms with Crippen LogP contribution in [0.3, 0.4) is 0 Å². The van der Waals surface area contributed by atoms with Crippen LogP contribution in [0.15, 0.2) is 72.8 Å². The van der Waals surface area contributed by atoms with E-state index in [1.807, 2.05) is 25.1 Å². The monoisotopic (exact) mass is 440 g/mol. The van der Waals surface area contributed by atoms with Gasteiger partial charge in [0.2, 0.25) is 0 Å². The quantitative estimate of drug-likeness (QED) is 0.473. The molecule has 0 saturated heterocycles. The Hall–Kier alpha value is -2.82. The first kappa shape index (κ1) is 21.9. The van der Waals surface area contributed by atoms with Gasteiger partial charge in [0, 0.05) is 22.3 Å². The van der Waals surface area contributed by atoms with Gasteiger partial charge >= 0.3 is 0 Å². The number of amides is 2. The first-order chi connectivity index (χ1) is 14.4. The predicted molar refractivity (Wildman–Crippen MR) is 123 cm³/mol. The van der Waals surface area contributed by atoms with Crippen molar-refractivity contribution in [2.45, 2.75) is 25.8 Å². The molecule has 0 fully saturated rings. The minimum absolute atomic E-state index is 0.0455. The maximum atomic E-state index is 12.5. The maximum Gasteiger partial charge on any atom is 0.257 e. The summed E-state index contributed by atoms with van der Waals surface area (Å²) in [6.45, 7) is 1.99. The fourth-order valence-electron chi connectivity index (χ4n) is 2.98. The van der Waals surface area contributed by atoms with Crippen LogP contribution in [0.5, 0.6) is 0 Å². The van der Waals surface area contributed by atoms with Crippen molar-refractivity contribution in [3.63, 3.8) is 0 Å². The zero-order valence-electron chi connectivity index (χ0n) is 16.5. The molecular formula is C24H22Cl2N2O2. The number of halogens is 2. The highest BCUT2D eigenvalue weighted by molar-refractivity contribution is 6.37. The first-order valence-electron chi connectivity index (χ1n) is 9.63. The van der Waals surface area contributed by atoms with E-state index < -0.39 is 0 Å². The Kier molecular flexibility index (Phi) is 7.50. The van der Waals surface area contributed by atoms with Crippen molar-refractivity contribution in [3.8, 4) is 0 Å². The molecule has 4 nitrogen and oxygen atoms in total. The second kappa shape index (κ2) is 10.3. The summed E-state index contributed by atoms with van der Waals surface area (Å²) in [6, 6.07) is 21.6. The van der Waals surface area contributed by atoms with Crippen LogP contribution in [0.25, 0.3) is 0 Å². The molecule has 0 aliphatic rings. The lowest BCUT2D eigenvalue weighted by molar-refractivity contribution is 0.0938. The topological polar surface area (TPSA) is 58.2 Å². The standard InChI is InChI=1S/C24H22Cl2N2O2/c1-16(7-8-17-5-3-2-4-6-17)27-23(29)18-9-12-20(13-10-18)28-24(30)21-14-11-19(25)15-22(21)26/h2-6,9-16H,7-8H2,1H3,(H,27,29)(H,28,30)/t16-/m1/s1. The van der Waals surface area contributed by atoms with E-state index in [0.29, 0.717) is 21.8 Å². The molecule has 0 unspecified atom stereocenters. The van der Waals surface area contributed by atoms with Gasteiger partial charge in [0.25, 0.3) is 11.8 Å². The van der Waals surface area contributed by atoms with E-state index in [0.717, 1.165) is 12.8 Å². The van der Waals surface area contributed by atoms with Crippen LogP contribution in [0.2, 0.25) is 10.0 Å². The number of carbonyl (C=O) groups is 2. The van der Waals surface area contributed by atoms with Crippen LogP contribution in [-0.2, 0) is 6.42 Å². The summed E-state index contributed by atoms with van der Waals surface area (Å²) in [7, 11) is 0. The molecule has 0 radical (unpaired) electrons. The molecule has 0 spiro atoms. The van der Waals surface area contributed by atoms with Crippen molar-refractivity contribution in [1.82, 2.24) is 5.32 Å². The second-order valence-electron chi connectivity index (χ2n) is 7.05. The number of nitrogens with one attached hydrogen (secondary N) is 2. The number of rotatable bonds is 7. The highest BCUT2D eigenvalue weighted by Gasteiger charge is 2.13. The Bertz CT molecular complexity index is 1020. The van der Waals surface area contributed by atoms with E-state index >= 15 is 0 Å². The summed E-state index contributed by atoms with van der Waals surface area (Å²) in [4.78, 5) is 24.9. The van der Waals surface area contributed by atoms with Gasteiger partial charge in [-0.25, -0.2) is 0 Å². The molecule has 154 valence electrons. The minimum atomic E-state index is -0.344. The molecule has 0 saturated carbocycles. The van der Waals surface area contributed by atoms with E-state index in [1.165, 1.54) is 11.6 Å². The van der Waals surface area contributed by atoms with E-state index in [2.05, 4.69) is 22.8 Å². The first-order valence-corrected chi connectivity index (χ1v) is 10.4. The van der Waals surface area contributed by atoms with Crippen LogP contribution < -0.4 is 10.6 Å². The van der Waals surface area contributed by atoms with E-state index in [-0.39, 0.29) is 22.9 Å². The van der Waals surface area contributed by atoms with Crippen molar-refractivity contribution in [2.24, 2.45) is 0 Å². The minimum Gasteiger partial charge on any atom is -0.350 e. The van der Waals surface area contributed by atoms with E-state index in [9.17, 15) is 9.59 Å². The molecular weight excluding hydrogens is 419 g/mol. The average molecular weight is 441 g/mol. The Labute approximate surface area is 186 Å². The van der Waals surface area contributed by atoms with Crippen molar-refractivity contribution < 1.29 is 9.59 Å². The molecule has 0 aliphatic heterocycles. The number of aryl methyl sites for hydroxylation is 1. The molecule has 0 bridgehead atoms. The smallest absolute Gasteiger partial charge is 0.257 e. The molecule has 2 amide bonds. The van der Waals surface area contributed by atoms with Crippen molar-refractivity contribution in [2.75, 3.05) is 5.32 Å². The van der Waals surface area contributed by atoms with Gasteiger partial charge in [-0.3, -0.25) is 9.59 Å². The third kappa shape index (κ3) is 6.09.